The monoisotopic (exact) mass is 350 g/mol. The fourth-order valence-corrected chi connectivity index (χ4v) is 5.56. The highest BCUT2D eigenvalue weighted by molar-refractivity contribution is 5.91. The molecule has 0 bridgehead atoms. The first-order valence-corrected chi connectivity index (χ1v) is 9.26. The number of ether oxygens (including phenoxy) is 1. The number of rotatable bonds is 3. The van der Waals surface area contributed by atoms with Gasteiger partial charge in [0.05, 0.1) is 18.3 Å². The molecule has 3 aliphatic rings. The van der Waals surface area contributed by atoms with Crippen molar-refractivity contribution >= 4 is 5.97 Å². The standard InChI is InChI=1S/C20H30O5/c1-12-4-7-16-19(2,9-8-17(23)20(16,3)11-21)14(12)6-5-13-15(22)10-25-18(13)24/h5,14-17,21-23H,1,4,6-11H2,2-3H3/b13-5+/t14-,15+,16+,17-,19+,20-/m0/s1. The van der Waals surface area contributed by atoms with Gasteiger partial charge in [-0.05, 0) is 49.4 Å². The summed E-state index contributed by atoms with van der Waals surface area (Å²) in [6, 6.07) is 0. The third-order valence-corrected chi connectivity index (χ3v) is 7.23. The maximum atomic E-state index is 11.8. The average molecular weight is 350 g/mol. The lowest BCUT2D eigenvalue weighted by atomic mass is 9.46. The minimum atomic E-state index is -0.844. The summed E-state index contributed by atoms with van der Waals surface area (Å²) in [5, 5.41) is 30.4. The van der Waals surface area contributed by atoms with Crippen molar-refractivity contribution < 1.29 is 24.9 Å². The van der Waals surface area contributed by atoms with E-state index in [0.29, 0.717) is 18.4 Å². The molecule has 5 nitrogen and oxygen atoms in total. The smallest absolute Gasteiger partial charge is 0.336 e. The molecule has 1 heterocycles. The number of allylic oxidation sites excluding steroid dienone is 2. The number of hydrogen-bond donors (Lipinski definition) is 3. The number of carbonyl (C=O) groups is 1. The van der Waals surface area contributed by atoms with Crippen LogP contribution in [0.5, 0.6) is 0 Å². The van der Waals surface area contributed by atoms with Crippen LogP contribution in [0.2, 0.25) is 0 Å². The largest absolute Gasteiger partial charge is 0.459 e. The van der Waals surface area contributed by atoms with Crippen LogP contribution in [0, 0.1) is 22.7 Å². The second-order valence-corrected chi connectivity index (χ2v) is 8.54. The van der Waals surface area contributed by atoms with Gasteiger partial charge in [0.15, 0.2) is 0 Å². The predicted octanol–water partition coefficient (Wildman–Crippen LogP) is 1.96. The van der Waals surface area contributed by atoms with E-state index in [-0.39, 0.29) is 30.5 Å². The summed E-state index contributed by atoms with van der Waals surface area (Å²) in [5.41, 5.74) is 0.911. The number of carbonyl (C=O) groups excluding carboxylic acids is 1. The lowest BCUT2D eigenvalue weighted by Crippen LogP contribution is -2.57. The maximum absolute atomic E-state index is 11.8. The first kappa shape index (κ1) is 18.6. The van der Waals surface area contributed by atoms with Crippen molar-refractivity contribution in [2.75, 3.05) is 13.2 Å². The summed E-state index contributed by atoms with van der Waals surface area (Å²) in [6.07, 6.45) is 4.42. The topological polar surface area (TPSA) is 87.0 Å². The zero-order chi connectivity index (χ0) is 18.4. The van der Waals surface area contributed by atoms with Crippen molar-refractivity contribution in [1.29, 1.82) is 0 Å². The first-order valence-electron chi connectivity index (χ1n) is 9.26. The van der Waals surface area contributed by atoms with Gasteiger partial charge >= 0.3 is 5.97 Å². The van der Waals surface area contributed by atoms with Gasteiger partial charge in [0.2, 0.25) is 0 Å². The van der Waals surface area contributed by atoms with Crippen LogP contribution < -0.4 is 0 Å². The van der Waals surface area contributed by atoms with Crippen LogP contribution in [-0.4, -0.2) is 46.7 Å². The van der Waals surface area contributed by atoms with Crippen molar-refractivity contribution in [3.63, 3.8) is 0 Å². The second-order valence-electron chi connectivity index (χ2n) is 8.54. The molecular weight excluding hydrogens is 320 g/mol. The molecule has 2 aliphatic carbocycles. The lowest BCUT2D eigenvalue weighted by molar-refractivity contribution is -0.151. The van der Waals surface area contributed by atoms with Crippen LogP contribution in [0.4, 0.5) is 0 Å². The molecule has 0 aromatic heterocycles. The van der Waals surface area contributed by atoms with E-state index >= 15 is 0 Å². The highest BCUT2D eigenvalue weighted by Crippen LogP contribution is 2.61. The molecule has 0 radical (unpaired) electrons. The van der Waals surface area contributed by atoms with E-state index in [1.54, 1.807) is 0 Å². The quantitative estimate of drug-likeness (QED) is 0.411. The van der Waals surface area contributed by atoms with E-state index in [4.69, 9.17) is 4.74 Å². The van der Waals surface area contributed by atoms with E-state index in [9.17, 15) is 20.1 Å². The molecule has 25 heavy (non-hydrogen) atoms. The Morgan fingerprint density at radius 3 is 2.64 bits per heavy atom. The third-order valence-electron chi connectivity index (χ3n) is 7.23. The Labute approximate surface area is 149 Å². The Morgan fingerprint density at radius 2 is 2.04 bits per heavy atom. The van der Waals surface area contributed by atoms with Gasteiger partial charge in [0, 0.05) is 5.41 Å². The Kier molecular flexibility index (Phi) is 4.86. The van der Waals surface area contributed by atoms with Crippen LogP contribution in [0.1, 0.15) is 46.0 Å². The molecule has 0 spiro atoms. The van der Waals surface area contributed by atoms with Crippen molar-refractivity contribution in [1.82, 2.24) is 0 Å². The Bertz CT molecular complexity index is 597. The van der Waals surface area contributed by atoms with E-state index in [1.165, 1.54) is 0 Å². The number of aliphatic hydroxyl groups excluding tert-OH is 3. The molecule has 2 saturated carbocycles. The van der Waals surface area contributed by atoms with Crippen LogP contribution >= 0.6 is 0 Å². The van der Waals surface area contributed by atoms with Crippen molar-refractivity contribution in [2.24, 2.45) is 22.7 Å². The van der Waals surface area contributed by atoms with E-state index in [0.717, 1.165) is 24.8 Å². The minimum absolute atomic E-state index is 0.0280. The maximum Gasteiger partial charge on any atom is 0.336 e. The van der Waals surface area contributed by atoms with Crippen LogP contribution in [0.25, 0.3) is 0 Å². The number of cyclic esters (lactones) is 1. The molecule has 3 N–H and O–H groups in total. The van der Waals surface area contributed by atoms with E-state index in [2.05, 4.69) is 13.5 Å². The molecule has 3 rings (SSSR count). The highest BCUT2D eigenvalue weighted by Gasteiger charge is 2.57. The van der Waals surface area contributed by atoms with Crippen LogP contribution in [-0.2, 0) is 9.53 Å². The molecule has 0 amide bonds. The highest BCUT2D eigenvalue weighted by atomic mass is 16.6. The number of hydrogen-bond acceptors (Lipinski definition) is 5. The Morgan fingerprint density at radius 1 is 1.32 bits per heavy atom. The predicted molar refractivity (Wildman–Crippen MR) is 93.6 cm³/mol. The third kappa shape index (κ3) is 2.86. The van der Waals surface area contributed by atoms with E-state index in [1.807, 2.05) is 13.0 Å². The summed E-state index contributed by atoms with van der Waals surface area (Å²) in [6.45, 7) is 8.50. The molecule has 0 aromatic carbocycles. The van der Waals surface area contributed by atoms with Crippen LogP contribution in [0.3, 0.4) is 0 Å². The first-order chi connectivity index (χ1) is 11.7. The lowest BCUT2D eigenvalue weighted by Gasteiger charge is -2.59. The summed E-state index contributed by atoms with van der Waals surface area (Å²) < 4.78 is 4.90. The summed E-state index contributed by atoms with van der Waals surface area (Å²) in [5.74, 6) is -0.0734. The molecule has 1 saturated heterocycles. The molecule has 5 heteroatoms. The fraction of sp³-hybridized carbons (Fsp3) is 0.750. The Balaban J connectivity index is 1.89. The fourth-order valence-electron chi connectivity index (χ4n) is 5.56. The van der Waals surface area contributed by atoms with Crippen molar-refractivity contribution in [3.05, 3.63) is 23.8 Å². The van der Waals surface area contributed by atoms with Gasteiger partial charge in [0.25, 0.3) is 0 Å². The Hall–Kier alpha value is -1.17. The van der Waals surface area contributed by atoms with E-state index < -0.39 is 23.6 Å². The van der Waals surface area contributed by atoms with Gasteiger partial charge in [-0.2, -0.15) is 0 Å². The number of aliphatic hydroxyl groups is 3. The number of fused-ring (bicyclic) bond motifs is 1. The zero-order valence-electron chi connectivity index (χ0n) is 15.2. The van der Waals surface area contributed by atoms with Crippen molar-refractivity contribution in [3.8, 4) is 0 Å². The van der Waals surface area contributed by atoms with Gasteiger partial charge in [-0.15, -0.1) is 0 Å². The molecule has 6 atom stereocenters. The molecule has 140 valence electrons. The molecule has 3 fully saturated rings. The van der Waals surface area contributed by atoms with Gasteiger partial charge in [-0.25, -0.2) is 4.79 Å². The van der Waals surface area contributed by atoms with Gasteiger partial charge in [0.1, 0.15) is 12.7 Å². The zero-order valence-corrected chi connectivity index (χ0v) is 15.2. The normalized spacial score (nSPS) is 46.2. The second kappa shape index (κ2) is 6.53. The molecule has 0 unspecified atom stereocenters. The minimum Gasteiger partial charge on any atom is -0.459 e. The van der Waals surface area contributed by atoms with Crippen LogP contribution in [0.15, 0.2) is 23.8 Å². The molecule has 0 aromatic rings. The molecular formula is C20H30O5. The number of esters is 1. The van der Waals surface area contributed by atoms with Gasteiger partial charge in [-0.1, -0.05) is 32.1 Å². The molecule has 1 aliphatic heterocycles. The SMILES string of the molecule is C=C1CC[C@H]2[C@](C)(CO)[C@@H](O)CC[C@]2(C)[C@H]1C/C=C1/C(=O)OC[C@H]1O. The summed E-state index contributed by atoms with van der Waals surface area (Å²) in [7, 11) is 0. The average Bonchev–Trinajstić information content (AvgIpc) is 2.89. The van der Waals surface area contributed by atoms with Gasteiger partial charge < -0.3 is 20.1 Å². The van der Waals surface area contributed by atoms with Gasteiger partial charge in [-0.3, -0.25) is 0 Å². The van der Waals surface area contributed by atoms with Crippen molar-refractivity contribution in [2.45, 2.75) is 58.2 Å². The summed E-state index contributed by atoms with van der Waals surface area (Å²) >= 11 is 0. The summed E-state index contributed by atoms with van der Waals surface area (Å²) in [4.78, 5) is 11.8.